The van der Waals surface area contributed by atoms with Gasteiger partial charge in [-0.1, -0.05) is 22.0 Å². The van der Waals surface area contributed by atoms with E-state index in [1.165, 1.54) is 13.8 Å². The Kier molecular flexibility index (Phi) is 2.73. The highest BCUT2D eigenvalue weighted by Crippen LogP contribution is 2.22. The molecule has 0 aliphatic carbocycles. The highest BCUT2D eigenvalue weighted by molar-refractivity contribution is 9.10. The summed E-state index contributed by atoms with van der Waals surface area (Å²) in [5, 5.41) is 0. The van der Waals surface area contributed by atoms with Gasteiger partial charge in [-0.15, -0.1) is 0 Å². The van der Waals surface area contributed by atoms with Crippen LogP contribution in [0.5, 0.6) is 5.75 Å². The molecule has 0 heterocycles. The van der Waals surface area contributed by atoms with Crippen LogP contribution in [-0.4, -0.2) is 5.85 Å². The van der Waals surface area contributed by atoms with Gasteiger partial charge in [0.15, 0.2) is 0 Å². The summed E-state index contributed by atoms with van der Waals surface area (Å²) >= 11 is 3.27. The maximum Gasteiger partial charge on any atom is 0.242 e. The lowest BCUT2D eigenvalue weighted by Gasteiger charge is -2.16. The van der Waals surface area contributed by atoms with Gasteiger partial charge in [0.2, 0.25) is 5.85 Å². The van der Waals surface area contributed by atoms with Gasteiger partial charge < -0.3 is 4.74 Å². The SMILES string of the molecule is CC(C)(F)Oc1cccc(Br)c1. The zero-order valence-electron chi connectivity index (χ0n) is 6.97. The Balaban J connectivity index is 2.77. The maximum absolute atomic E-state index is 13.0. The van der Waals surface area contributed by atoms with Gasteiger partial charge in [0.25, 0.3) is 0 Å². The van der Waals surface area contributed by atoms with E-state index in [1.54, 1.807) is 18.2 Å². The van der Waals surface area contributed by atoms with Crippen LogP contribution in [0.4, 0.5) is 4.39 Å². The molecule has 1 nitrogen and oxygen atoms in total. The Bertz CT molecular complexity index is 267. The molecule has 1 rings (SSSR count). The highest BCUT2D eigenvalue weighted by Gasteiger charge is 2.16. The zero-order chi connectivity index (χ0) is 9.19. The number of hydrogen-bond acceptors (Lipinski definition) is 1. The van der Waals surface area contributed by atoms with Gasteiger partial charge in [0.1, 0.15) is 5.75 Å². The van der Waals surface area contributed by atoms with Crippen molar-refractivity contribution >= 4 is 15.9 Å². The normalized spacial score (nSPS) is 11.3. The molecule has 0 aliphatic heterocycles. The summed E-state index contributed by atoms with van der Waals surface area (Å²) in [7, 11) is 0. The van der Waals surface area contributed by atoms with E-state index in [2.05, 4.69) is 15.9 Å². The molecule has 0 atom stereocenters. The van der Waals surface area contributed by atoms with E-state index >= 15 is 0 Å². The summed E-state index contributed by atoms with van der Waals surface area (Å²) in [6, 6.07) is 7.09. The zero-order valence-corrected chi connectivity index (χ0v) is 8.56. The number of hydrogen-bond donors (Lipinski definition) is 0. The molecule has 0 fully saturated rings. The van der Waals surface area contributed by atoms with Crippen LogP contribution < -0.4 is 4.74 Å². The molecule has 0 amide bonds. The molecule has 1 aromatic carbocycles. The van der Waals surface area contributed by atoms with Crippen LogP contribution in [0.3, 0.4) is 0 Å². The first-order chi connectivity index (χ1) is 5.47. The van der Waals surface area contributed by atoms with Crippen LogP contribution in [0.2, 0.25) is 0 Å². The predicted octanol–water partition coefficient (Wildman–Crippen LogP) is 3.53. The van der Waals surface area contributed by atoms with Crippen molar-refractivity contribution < 1.29 is 9.13 Å². The molecular weight excluding hydrogens is 223 g/mol. The van der Waals surface area contributed by atoms with Crippen LogP contribution in [0, 0.1) is 0 Å². The first-order valence-corrected chi connectivity index (χ1v) is 4.40. The molecule has 66 valence electrons. The monoisotopic (exact) mass is 232 g/mol. The predicted molar refractivity (Wildman–Crippen MR) is 50.0 cm³/mol. The third-order valence-corrected chi connectivity index (χ3v) is 1.65. The largest absolute Gasteiger partial charge is 0.459 e. The quantitative estimate of drug-likeness (QED) is 0.759. The summed E-state index contributed by atoms with van der Waals surface area (Å²) in [4.78, 5) is 0. The smallest absolute Gasteiger partial charge is 0.242 e. The summed E-state index contributed by atoms with van der Waals surface area (Å²) in [5.41, 5.74) is 0. The fraction of sp³-hybridized carbons (Fsp3) is 0.333. The fourth-order valence-electron chi connectivity index (χ4n) is 0.811. The van der Waals surface area contributed by atoms with E-state index in [1.807, 2.05) is 6.07 Å². The van der Waals surface area contributed by atoms with E-state index in [0.717, 1.165) is 4.47 Å². The Morgan fingerprint density at radius 2 is 2.08 bits per heavy atom. The van der Waals surface area contributed by atoms with E-state index in [9.17, 15) is 4.39 Å². The molecule has 0 aliphatic rings. The molecule has 0 bridgehead atoms. The lowest BCUT2D eigenvalue weighted by Crippen LogP contribution is -2.20. The second-order valence-electron chi connectivity index (χ2n) is 2.92. The minimum Gasteiger partial charge on any atom is -0.459 e. The van der Waals surface area contributed by atoms with Crippen molar-refractivity contribution in [3.05, 3.63) is 28.7 Å². The van der Waals surface area contributed by atoms with Crippen molar-refractivity contribution in [2.45, 2.75) is 19.7 Å². The van der Waals surface area contributed by atoms with Gasteiger partial charge >= 0.3 is 0 Å². The van der Waals surface area contributed by atoms with E-state index < -0.39 is 5.85 Å². The molecule has 1 aromatic rings. The number of ether oxygens (including phenoxy) is 1. The average molecular weight is 233 g/mol. The van der Waals surface area contributed by atoms with E-state index in [4.69, 9.17) is 4.74 Å². The van der Waals surface area contributed by atoms with Gasteiger partial charge in [-0.05, 0) is 18.2 Å². The summed E-state index contributed by atoms with van der Waals surface area (Å²) < 4.78 is 18.8. The Morgan fingerprint density at radius 1 is 1.42 bits per heavy atom. The molecule has 3 heteroatoms. The molecule has 0 saturated carbocycles. The average Bonchev–Trinajstić information content (AvgIpc) is 1.82. The molecule has 0 N–H and O–H groups in total. The number of rotatable bonds is 2. The minimum atomic E-state index is -1.62. The van der Waals surface area contributed by atoms with Crippen molar-refractivity contribution in [2.75, 3.05) is 0 Å². The van der Waals surface area contributed by atoms with Gasteiger partial charge in [-0.25, -0.2) is 0 Å². The Morgan fingerprint density at radius 3 is 2.58 bits per heavy atom. The number of alkyl halides is 1. The Labute approximate surface area is 79.7 Å². The Hall–Kier alpha value is -0.570. The maximum atomic E-state index is 13.0. The molecule has 0 spiro atoms. The fourth-order valence-corrected chi connectivity index (χ4v) is 1.19. The topological polar surface area (TPSA) is 9.23 Å². The second-order valence-corrected chi connectivity index (χ2v) is 3.84. The number of benzene rings is 1. The molecule has 0 aromatic heterocycles. The van der Waals surface area contributed by atoms with E-state index in [0.29, 0.717) is 5.75 Å². The standard InChI is InChI=1S/C9H10BrFO/c1-9(2,11)12-8-5-3-4-7(10)6-8/h3-6H,1-2H3. The molecule has 0 saturated heterocycles. The lowest BCUT2D eigenvalue weighted by molar-refractivity contribution is -0.0257. The van der Waals surface area contributed by atoms with Gasteiger partial charge in [0, 0.05) is 18.3 Å². The second kappa shape index (κ2) is 3.44. The van der Waals surface area contributed by atoms with Gasteiger partial charge in [-0.3, -0.25) is 0 Å². The van der Waals surface area contributed by atoms with Crippen LogP contribution in [0.15, 0.2) is 28.7 Å². The third kappa shape index (κ3) is 3.22. The minimum absolute atomic E-state index is 0.525. The van der Waals surface area contributed by atoms with Crippen LogP contribution >= 0.6 is 15.9 Å². The number of halogens is 2. The van der Waals surface area contributed by atoms with E-state index in [-0.39, 0.29) is 0 Å². The van der Waals surface area contributed by atoms with Crippen molar-refractivity contribution in [3.8, 4) is 5.75 Å². The van der Waals surface area contributed by atoms with Gasteiger partial charge in [-0.2, -0.15) is 4.39 Å². The van der Waals surface area contributed by atoms with Crippen molar-refractivity contribution in [1.29, 1.82) is 0 Å². The van der Waals surface area contributed by atoms with Gasteiger partial charge in [0.05, 0.1) is 0 Å². The van der Waals surface area contributed by atoms with Crippen molar-refractivity contribution in [1.82, 2.24) is 0 Å². The summed E-state index contributed by atoms with van der Waals surface area (Å²) in [6.45, 7) is 2.74. The van der Waals surface area contributed by atoms with Crippen LogP contribution in [0.25, 0.3) is 0 Å². The molecule has 12 heavy (non-hydrogen) atoms. The first kappa shape index (κ1) is 9.52. The highest BCUT2D eigenvalue weighted by atomic mass is 79.9. The van der Waals surface area contributed by atoms with Crippen LogP contribution in [-0.2, 0) is 0 Å². The van der Waals surface area contributed by atoms with Crippen LogP contribution in [0.1, 0.15) is 13.8 Å². The van der Waals surface area contributed by atoms with Crippen molar-refractivity contribution in [3.63, 3.8) is 0 Å². The molecule has 0 radical (unpaired) electrons. The molecule has 0 unspecified atom stereocenters. The van der Waals surface area contributed by atoms with Crippen molar-refractivity contribution in [2.24, 2.45) is 0 Å². The summed E-state index contributed by atoms with van der Waals surface area (Å²) in [6.07, 6.45) is 0. The third-order valence-electron chi connectivity index (χ3n) is 1.16. The lowest BCUT2D eigenvalue weighted by atomic mass is 10.3. The summed E-state index contributed by atoms with van der Waals surface area (Å²) in [5.74, 6) is -1.10. The first-order valence-electron chi connectivity index (χ1n) is 3.61. The molecular formula is C9H10BrFO.